The summed E-state index contributed by atoms with van der Waals surface area (Å²) >= 11 is 1.67. The number of aromatic nitrogens is 2. The molecule has 9 rings (SSSR count). The Bertz CT molecular complexity index is 2370. The van der Waals surface area contributed by atoms with Gasteiger partial charge in [-0.05, 0) is 104 Å². The smallest absolute Gasteiger partial charge is 0.259 e. The van der Waals surface area contributed by atoms with Gasteiger partial charge in [0, 0.05) is 93.7 Å². The number of anilines is 3. The normalized spacial score (nSPS) is 16.3. The molecule has 8 nitrogen and oxygen atoms in total. The van der Waals surface area contributed by atoms with E-state index >= 15 is 0 Å². The molecular formula is C42H38FN5O3S. The van der Waals surface area contributed by atoms with Gasteiger partial charge >= 0.3 is 0 Å². The second-order valence-corrected chi connectivity index (χ2v) is 15.5. The predicted molar refractivity (Wildman–Crippen MR) is 205 cm³/mol. The highest BCUT2D eigenvalue weighted by atomic mass is 32.1. The summed E-state index contributed by atoms with van der Waals surface area (Å²) in [5, 5.41) is 4.19. The summed E-state index contributed by atoms with van der Waals surface area (Å²) in [5.41, 5.74) is 8.68. The molecule has 6 aromatic rings. The Labute approximate surface area is 305 Å². The molecular weight excluding hydrogens is 674 g/mol. The van der Waals surface area contributed by atoms with Gasteiger partial charge in [0.05, 0.1) is 11.3 Å². The molecule has 1 spiro atoms. The molecule has 0 saturated carbocycles. The van der Waals surface area contributed by atoms with Gasteiger partial charge in [0.25, 0.3) is 11.8 Å². The van der Waals surface area contributed by atoms with Crippen LogP contribution in [0.1, 0.15) is 50.2 Å². The molecule has 0 atom stereocenters. The van der Waals surface area contributed by atoms with E-state index in [0.29, 0.717) is 41.3 Å². The van der Waals surface area contributed by atoms with Gasteiger partial charge in [0.2, 0.25) is 0 Å². The fourth-order valence-electron chi connectivity index (χ4n) is 8.03. The van der Waals surface area contributed by atoms with Crippen molar-refractivity contribution in [3.8, 4) is 20.9 Å². The number of fused-ring (bicyclic) bond motifs is 4. The van der Waals surface area contributed by atoms with Crippen molar-refractivity contribution in [1.82, 2.24) is 9.97 Å². The Morgan fingerprint density at radius 3 is 2.60 bits per heavy atom. The molecule has 3 aliphatic rings. The fraction of sp³-hybridized carbons (Fsp3) is 0.262. The lowest BCUT2D eigenvalue weighted by Gasteiger charge is -2.53. The first-order valence-electron chi connectivity index (χ1n) is 17.8. The number of para-hydroxylation sites is 1. The van der Waals surface area contributed by atoms with Gasteiger partial charge in [0.1, 0.15) is 11.6 Å². The van der Waals surface area contributed by atoms with Gasteiger partial charge in [-0.3, -0.25) is 9.59 Å². The number of aryl methyl sites for hydroxylation is 2. The van der Waals surface area contributed by atoms with Crippen molar-refractivity contribution in [2.75, 3.05) is 48.0 Å². The molecule has 2 amide bonds. The van der Waals surface area contributed by atoms with Gasteiger partial charge in [-0.15, -0.1) is 11.3 Å². The number of halogens is 1. The molecule has 3 aliphatic heterocycles. The second-order valence-electron chi connectivity index (χ2n) is 14.4. The zero-order chi connectivity index (χ0) is 35.6. The third-order valence-electron chi connectivity index (χ3n) is 10.9. The van der Waals surface area contributed by atoms with Crippen molar-refractivity contribution in [2.45, 2.75) is 33.1 Å². The minimum Gasteiger partial charge on any atom is -0.381 e. The summed E-state index contributed by atoms with van der Waals surface area (Å²) in [5.74, 6) is -0.176. The van der Waals surface area contributed by atoms with Crippen LogP contribution in [0.25, 0.3) is 31.8 Å². The van der Waals surface area contributed by atoms with E-state index in [0.717, 1.165) is 76.7 Å². The standard InChI is InChI=1S/C42H38FN5O3S/c1-25-18-33(39(45-21-25)47-23-42(24-47)13-16-51-17-14-42)40(49)46-30-9-6-27(7-10-30)41(50)48-15-12-28-19-36(34-22-44-37-26(2)4-3-5-31(34)37)52-38(28)32-11-8-29(43)20-35(32)48/h3-11,18-22,44H,12-17,23-24H2,1-2H3,(H,46,49). The van der Waals surface area contributed by atoms with Gasteiger partial charge in [0.15, 0.2) is 0 Å². The molecule has 0 bridgehead atoms. The number of hydrogen-bond donors (Lipinski definition) is 2. The summed E-state index contributed by atoms with van der Waals surface area (Å²) in [4.78, 5) is 41.9. The van der Waals surface area contributed by atoms with E-state index < -0.39 is 5.82 Å². The summed E-state index contributed by atoms with van der Waals surface area (Å²) in [7, 11) is 0. The molecule has 262 valence electrons. The number of rotatable bonds is 5. The van der Waals surface area contributed by atoms with Gasteiger partial charge in [-0.25, -0.2) is 9.37 Å². The average Bonchev–Trinajstić information content (AvgIpc) is 3.73. The Kier molecular flexibility index (Phi) is 7.97. The number of thiophene rings is 1. The maximum atomic E-state index is 14.8. The topological polar surface area (TPSA) is 90.6 Å². The quantitative estimate of drug-likeness (QED) is 0.187. The minimum atomic E-state index is -0.395. The van der Waals surface area contributed by atoms with Crippen LogP contribution in [-0.2, 0) is 11.2 Å². The van der Waals surface area contributed by atoms with E-state index in [1.54, 1.807) is 52.8 Å². The zero-order valence-electron chi connectivity index (χ0n) is 29.1. The number of H-pyrrole nitrogens is 1. The number of carbonyl (C=O) groups is 2. The van der Waals surface area contributed by atoms with Crippen LogP contribution in [0.15, 0.2) is 85.2 Å². The molecule has 0 aliphatic carbocycles. The number of pyridine rings is 1. The van der Waals surface area contributed by atoms with Crippen LogP contribution >= 0.6 is 11.3 Å². The van der Waals surface area contributed by atoms with E-state index in [1.165, 1.54) is 23.1 Å². The van der Waals surface area contributed by atoms with E-state index in [4.69, 9.17) is 4.74 Å². The predicted octanol–water partition coefficient (Wildman–Crippen LogP) is 8.79. The lowest BCUT2D eigenvalue weighted by atomic mass is 9.73. The summed E-state index contributed by atoms with van der Waals surface area (Å²) in [6, 6.07) is 22.0. The Hall–Kier alpha value is -5.32. The molecule has 3 aromatic carbocycles. The van der Waals surface area contributed by atoms with Crippen LogP contribution in [0.4, 0.5) is 21.6 Å². The largest absolute Gasteiger partial charge is 0.381 e. The van der Waals surface area contributed by atoms with Crippen LogP contribution in [0, 0.1) is 25.1 Å². The lowest BCUT2D eigenvalue weighted by molar-refractivity contribution is -0.000510. The molecule has 2 saturated heterocycles. The van der Waals surface area contributed by atoms with Crippen molar-refractivity contribution in [2.24, 2.45) is 5.41 Å². The van der Waals surface area contributed by atoms with Crippen molar-refractivity contribution in [3.63, 3.8) is 0 Å². The first kappa shape index (κ1) is 32.6. The minimum absolute atomic E-state index is 0.225. The number of amides is 2. The molecule has 10 heteroatoms. The van der Waals surface area contributed by atoms with Crippen molar-refractivity contribution in [1.29, 1.82) is 0 Å². The highest BCUT2D eigenvalue weighted by molar-refractivity contribution is 7.19. The highest BCUT2D eigenvalue weighted by Crippen LogP contribution is 2.46. The van der Waals surface area contributed by atoms with E-state index in [9.17, 15) is 14.0 Å². The molecule has 52 heavy (non-hydrogen) atoms. The number of ether oxygens (including phenoxy) is 1. The maximum Gasteiger partial charge on any atom is 0.259 e. The molecule has 3 aromatic heterocycles. The fourth-order valence-corrected chi connectivity index (χ4v) is 9.31. The average molecular weight is 712 g/mol. The van der Waals surface area contributed by atoms with Gasteiger partial charge in [-0.2, -0.15) is 0 Å². The van der Waals surface area contributed by atoms with Crippen LogP contribution in [0.2, 0.25) is 0 Å². The van der Waals surface area contributed by atoms with Gasteiger partial charge < -0.3 is 24.8 Å². The first-order valence-corrected chi connectivity index (χ1v) is 18.6. The second kappa shape index (κ2) is 12.7. The van der Waals surface area contributed by atoms with Crippen LogP contribution in [-0.4, -0.2) is 54.6 Å². The number of carbonyl (C=O) groups excluding carboxylic acids is 2. The summed E-state index contributed by atoms with van der Waals surface area (Å²) in [6.07, 6.45) is 6.54. The third kappa shape index (κ3) is 5.66. The highest BCUT2D eigenvalue weighted by Gasteiger charge is 2.45. The van der Waals surface area contributed by atoms with Crippen LogP contribution < -0.4 is 15.1 Å². The number of nitrogens with zero attached hydrogens (tertiary/aromatic N) is 3. The van der Waals surface area contributed by atoms with Crippen LogP contribution in [0.5, 0.6) is 0 Å². The summed E-state index contributed by atoms with van der Waals surface area (Å²) in [6.45, 7) is 7.73. The molecule has 0 unspecified atom stereocenters. The molecule has 2 fully saturated rings. The molecule has 2 N–H and O–H groups in total. The summed E-state index contributed by atoms with van der Waals surface area (Å²) < 4.78 is 20.4. The Morgan fingerprint density at radius 2 is 1.79 bits per heavy atom. The van der Waals surface area contributed by atoms with E-state index in [1.807, 2.05) is 13.0 Å². The maximum absolute atomic E-state index is 14.8. The monoisotopic (exact) mass is 711 g/mol. The Balaban J connectivity index is 0.947. The van der Waals surface area contributed by atoms with E-state index in [-0.39, 0.29) is 17.2 Å². The number of benzene rings is 3. The number of nitrogens with one attached hydrogen (secondary N) is 2. The molecule has 0 radical (unpaired) electrons. The first-order chi connectivity index (χ1) is 25.2. The lowest BCUT2D eigenvalue weighted by Crippen LogP contribution is -2.59. The van der Waals surface area contributed by atoms with Crippen molar-refractivity contribution >= 4 is 51.2 Å². The van der Waals surface area contributed by atoms with Crippen molar-refractivity contribution in [3.05, 3.63) is 119 Å². The van der Waals surface area contributed by atoms with Crippen molar-refractivity contribution < 1.29 is 18.7 Å². The molecule has 6 heterocycles. The van der Waals surface area contributed by atoms with Crippen LogP contribution in [0.3, 0.4) is 0 Å². The van der Waals surface area contributed by atoms with Gasteiger partial charge in [-0.1, -0.05) is 18.2 Å². The van der Waals surface area contributed by atoms with E-state index in [2.05, 4.69) is 57.6 Å². The third-order valence-corrected chi connectivity index (χ3v) is 12.1. The number of hydrogen-bond acceptors (Lipinski definition) is 6. The number of aromatic amines is 1. The Morgan fingerprint density at radius 1 is 0.981 bits per heavy atom. The zero-order valence-corrected chi connectivity index (χ0v) is 29.9. The SMILES string of the molecule is Cc1cnc(N2CC3(CCOCC3)C2)c(C(=O)Nc2ccc(C(=O)N3CCc4cc(-c5c[nH]c6c(C)cccc56)sc4-c4ccc(F)cc43)cc2)c1.